The van der Waals surface area contributed by atoms with Gasteiger partial charge in [-0.05, 0) is 55.1 Å². The van der Waals surface area contributed by atoms with Crippen molar-refractivity contribution in [2.24, 2.45) is 0 Å². The Hall–Kier alpha value is -1.32. The molecule has 0 aliphatic carbocycles. The third-order valence-electron chi connectivity index (χ3n) is 3.73. The van der Waals surface area contributed by atoms with Crippen LogP contribution in [0.4, 0.5) is 0 Å². The molecule has 21 heavy (non-hydrogen) atoms. The normalized spacial score (nSPS) is 12.1. The lowest BCUT2D eigenvalue weighted by Gasteiger charge is -2.18. The van der Waals surface area contributed by atoms with Crippen LogP contribution >= 0.6 is 15.9 Å². The number of ether oxygens (including phenoxy) is 1. The quantitative estimate of drug-likeness (QED) is 0.801. The smallest absolute Gasteiger partial charge is 0.122 e. The number of methoxy groups -OCH3 is 1. The van der Waals surface area contributed by atoms with E-state index in [0.29, 0.717) is 5.92 Å². The number of hydrogen-bond donors (Lipinski definition) is 1. The van der Waals surface area contributed by atoms with Crippen LogP contribution in [0.1, 0.15) is 23.5 Å². The number of rotatable bonds is 7. The maximum atomic E-state index is 5.46. The summed E-state index contributed by atoms with van der Waals surface area (Å²) in [7, 11) is 3.74. The van der Waals surface area contributed by atoms with Crippen LogP contribution < -0.4 is 10.1 Å². The van der Waals surface area contributed by atoms with E-state index in [1.807, 2.05) is 19.2 Å². The predicted molar refractivity (Wildman–Crippen MR) is 92.1 cm³/mol. The first kappa shape index (κ1) is 16.1. The van der Waals surface area contributed by atoms with E-state index in [4.69, 9.17) is 4.74 Å². The summed E-state index contributed by atoms with van der Waals surface area (Å²) in [5.74, 6) is 1.48. The van der Waals surface area contributed by atoms with Gasteiger partial charge in [-0.3, -0.25) is 0 Å². The average Bonchev–Trinajstić information content (AvgIpc) is 2.52. The highest BCUT2D eigenvalue weighted by molar-refractivity contribution is 9.10. The lowest BCUT2D eigenvalue weighted by Crippen LogP contribution is -2.18. The van der Waals surface area contributed by atoms with Gasteiger partial charge in [0.15, 0.2) is 0 Å². The molecule has 0 amide bonds. The highest BCUT2D eigenvalue weighted by Gasteiger charge is 2.12. The van der Waals surface area contributed by atoms with Crippen molar-refractivity contribution in [1.29, 1.82) is 0 Å². The van der Waals surface area contributed by atoms with Gasteiger partial charge in [-0.15, -0.1) is 0 Å². The van der Waals surface area contributed by atoms with Crippen molar-refractivity contribution in [2.45, 2.75) is 18.8 Å². The van der Waals surface area contributed by atoms with Crippen molar-refractivity contribution in [3.05, 3.63) is 64.1 Å². The zero-order chi connectivity index (χ0) is 15.1. The monoisotopic (exact) mass is 347 g/mol. The van der Waals surface area contributed by atoms with E-state index in [2.05, 4.69) is 57.6 Å². The van der Waals surface area contributed by atoms with Gasteiger partial charge in [0.05, 0.1) is 7.11 Å². The van der Waals surface area contributed by atoms with Crippen LogP contribution in [0, 0.1) is 0 Å². The standard InChI is InChI=1S/C18H22BrNO/c1-20-13-16(14-6-4-3-5-7-14)9-8-15-12-17(19)10-11-18(15)21-2/h3-7,10-12,16,20H,8-9,13H2,1-2H3. The molecule has 1 unspecified atom stereocenters. The van der Waals surface area contributed by atoms with Crippen molar-refractivity contribution in [3.8, 4) is 5.75 Å². The number of benzene rings is 2. The molecule has 0 saturated heterocycles. The van der Waals surface area contributed by atoms with Crippen LogP contribution in [0.3, 0.4) is 0 Å². The summed E-state index contributed by atoms with van der Waals surface area (Å²) < 4.78 is 6.56. The molecule has 112 valence electrons. The van der Waals surface area contributed by atoms with Gasteiger partial charge in [-0.2, -0.15) is 0 Å². The topological polar surface area (TPSA) is 21.3 Å². The van der Waals surface area contributed by atoms with Gasteiger partial charge in [-0.25, -0.2) is 0 Å². The highest BCUT2D eigenvalue weighted by atomic mass is 79.9. The van der Waals surface area contributed by atoms with Crippen LogP contribution in [-0.4, -0.2) is 20.7 Å². The maximum absolute atomic E-state index is 5.46. The van der Waals surface area contributed by atoms with Crippen molar-refractivity contribution in [1.82, 2.24) is 5.32 Å². The zero-order valence-corrected chi connectivity index (χ0v) is 14.2. The van der Waals surface area contributed by atoms with Crippen molar-refractivity contribution in [3.63, 3.8) is 0 Å². The number of aryl methyl sites for hydroxylation is 1. The van der Waals surface area contributed by atoms with Gasteiger partial charge in [0, 0.05) is 11.0 Å². The van der Waals surface area contributed by atoms with Gasteiger partial charge in [0.25, 0.3) is 0 Å². The fourth-order valence-corrected chi connectivity index (χ4v) is 3.04. The van der Waals surface area contributed by atoms with Crippen LogP contribution in [-0.2, 0) is 6.42 Å². The second-order valence-electron chi connectivity index (χ2n) is 5.16. The van der Waals surface area contributed by atoms with Crippen molar-refractivity contribution in [2.75, 3.05) is 20.7 Å². The summed E-state index contributed by atoms with van der Waals surface area (Å²) >= 11 is 3.54. The molecule has 0 spiro atoms. The van der Waals surface area contributed by atoms with Crippen LogP contribution in [0.2, 0.25) is 0 Å². The summed E-state index contributed by atoms with van der Waals surface area (Å²) in [6.45, 7) is 0.986. The molecule has 0 fully saturated rings. The summed E-state index contributed by atoms with van der Waals surface area (Å²) in [5.41, 5.74) is 2.64. The molecule has 0 aliphatic rings. The summed E-state index contributed by atoms with van der Waals surface area (Å²) in [5, 5.41) is 3.30. The van der Waals surface area contributed by atoms with Crippen molar-refractivity contribution >= 4 is 15.9 Å². The number of nitrogens with one attached hydrogen (secondary N) is 1. The molecular formula is C18H22BrNO. The molecule has 0 aromatic heterocycles. The van der Waals surface area contributed by atoms with E-state index in [1.54, 1.807) is 7.11 Å². The molecule has 2 aromatic rings. The second-order valence-corrected chi connectivity index (χ2v) is 6.08. The predicted octanol–water partition coefficient (Wildman–Crippen LogP) is 4.39. The molecule has 1 N–H and O–H groups in total. The average molecular weight is 348 g/mol. The highest BCUT2D eigenvalue weighted by Crippen LogP contribution is 2.27. The van der Waals surface area contributed by atoms with Gasteiger partial charge in [0.2, 0.25) is 0 Å². The first-order valence-corrected chi connectivity index (χ1v) is 8.06. The largest absolute Gasteiger partial charge is 0.496 e. The lowest BCUT2D eigenvalue weighted by atomic mass is 9.92. The van der Waals surface area contributed by atoms with Crippen LogP contribution in [0.25, 0.3) is 0 Å². The van der Waals surface area contributed by atoms with E-state index < -0.39 is 0 Å². The van der Waals surface area contributed by atoms with Crippen LogP contribution in [0.15, 0.2) is 53.0 Å². The van der Waals surface area contributed by atoms with Gasteiger partial charge in [-0.1, -0.05) is 46.3 Å². The molecular weight excluding hydrogens is 326 g/mol. The maximum Gasteiger partial charge on any atom is 0.122 e. The molecule has 0 aliphatic heterocycles. The SMILES string of the molecule is CNCC(CCc1cc(Br)ccc1OC)c1ccccc1. The Morgan fingerprint density at radius 1 is 1.14 bits per heavy atom. The first-order chi connectivity index (χ1) is 10.2. The molecule has 0 heterocycles. The van der Waals surface area contributed by atoms with E-state index in [1.165, 1.54) is 11.1 Å². The number of halogens is 1. The Bertz CT molecular complexity index is 556. The van der Waals surface area contributed by atoms with E-state index in [-0.39, 0.29) is 0 Å². The number of hydrogen-bond acceptors (Lipinski definition) is 2. The van der Waals surface area contributed by atoms with Crippen LogP contribution in [0.5, 0.6) is 5.75 Å². The molecule has 2 aromatic carbocycles. The molecule has 0 bridgehead atoms. The first-order valence-electron chi connectivity index (χ1n) is 7.26. The molecule has 0 radical (unpaired) electrons. The minimum atomic E-state index is 0.514. The molecule has 0 saturated carbocycles. The molecule has 1 atom stereocenters. The Kier molecular flexibility index (Phi) is 6.27. The zero-order valence-electron chi connectivity index (χ0n) is 12.6. The summed E-state index contributed by atoms with van der Waals surface area (Å²) in [6.07, 6.45) is 2.10. The fraction of sp³-hybridized carbons (Fsp3) is 0.333. The lowest BCUT2D eigenvalue weighted by molar-refractivity contribution is 0.408. The molecule has 2 nitrogen and oxygen atoms in total. The second kappa shape index (κ2) is 8.20. The van der Waals surface area contributed by atoms with Crippen molar-refractivity contribution < 1.29 is 4.74 Å². The van der Waals surface area contributed by atoms with E-state index in [0.717, 1.165) is 29.6 Å². The fourth-order valence-electron chi connectivity index (χ4n) is 2.63. The van der Waals surface area contributed by atoms with Gasteiger partial charge in [0.1, 0.15) is 5.75 Å². The van der Waals surface area contributed by atoms with Gasteiger partial charge < -0.3 is 10.1 Å². The molecule has 2 rings (SSSR count). The Morgan fingerprint density at radius 3 is 2.57 bits per heavy atom. The molecule has 3 heteroatoms. The Balaban J connectivity index is 2.10. The Labute approximate surface area is 135 Å². The minimum absolute atomic E-state index is 0.514. The third kappa shape index (κ3) is 4.58. The Morgan fingerprint density at radius 2 is 1.90 bits per heavy atom. The van der Waals surface area contributed by atoms with Gasteiger partial charge >= 0.3 is 0 Å². The van der Waals surface area contributed by atoms with E-state index in [9.17, 15) is 0 Å². The third-order valence-corrected chi connectivity index (χ3v) is 4.22. The minimum Gasteiger partial charge on any atom is -0.496 e. The summed E-state index contributed by atoms with van der Waals surface area (Å²) in [6, 6.07) is 16.9. The summed E-state index contributed by atoms with van der Waals surface area (Å²) in [4.78, 5) is 0. The van der Waals surface area contributed by atoms with E-state index >= 15 is 0 Å². The number of likely N-dealkylation sites (N-methyl/N-ethyl adjacent to an activating group) is 1.